The lowest BCUT2D eigenvalue weighted by atomic mass is 9.96. The van der Waals surface area contributed by atoms with Gasteiger partial charge in [0.2, 0.25) is 0 Å². The predicted octanol–water partition coefficient (Wildman–Crippen LogP) is 11.3. The molecule has 240 valence electrons. The van der Waals surface area contributed by atoms with E-state index in [1.807, 2.05) is 60.7 Å². The van der Waals surface area contributed by atoms with Gasteiger partial charge in [0, 0.05) is 39.4 Å². The summed E-state index contributed by atoms with van der Waals surface area (Å²) in [4.78, 5) is 24.7. The van der Waals surface area contributed by atoms with Crippen LogP contribution in [0.4, 0.5) is 0 Å². The Kier molecular flexibility index (Phi) is 7.63. The summed E-state index contributed by atoms with van der Waals surface area (Å²) < 4.78 is 0. The van der Waals surface area contributed by atoms with Crippen molar-refractivity contribution in [3.05, 3.63) is 176 Å². The number of rotatable bonds is 6. The fourth-order valence-corrected chi connectivity index (χ4v) is 6.67. The molecule has 0 aliphatic heterocycles. The van der Waals surface area contributed by atoms with E-state index in [1.54, 1.807) is 6.20 Å². The van der Waals surface area contributed by atoms with Gasteiger partial charge in [-0.25, -0.2) is 15.0 Å². The second-order valence-electron chi connectivity index (χ2n) is 12.6. The molecule has 4 aromatic heterocycles. The molecule has 0 atom stereocenters. The van der Waals surface area contributed by atoms with Gasteiger partial charge in [0.1, 0.15) is 0 Å². The number of hydrogen-bond donors (Lipinski definition) is 0. The minimum Gasteiger partial charge on any atom is -0.255 e. The minimum absolute atomic E-state index is 0.658. The van der Waals surface area contributed by atoms with Crippen molar-refractivity contribution in [2.75, 3.05) is 0 Å². The van der Waals surface area contributed by atoms with Crippen LogP contribution in [0.15, 0.2) is 170 Å². The second kappa shape index (κ2) is 12.9. The Morgan fingerprint density at radius 2 is 1.04 bits per heavy atom. The van der Waals surface area contributed by atoms with Crippen LogP contribution in [0.1, 0.15) is 5.69 Å². The topological polar surface area (TPSA) is 64.5 Å². The van der Waals surface area contributed by atoms with Crippen molar-refractivity contribution in [3.63, 3.8) is 0 Å². The standard InChI is InChI=1S/C46H31N5/c1-30-27-39(38-24-22-35-23-25-40(33-11-4-2-5-12-33)49-44(35)45(38)48-30)32-20-18-31(19-21-32)36-15-10-16-37(28-36)46-50-42(34-13-6-3-7-14-34)29-43(51-46)41-17-8-9-26-47-41/h2-29H,1H3. The second-order valence-corrected chi connectivity index (χ2v) is 12.6. The van der Waals surface area contributed by atoms with Crippen LogP contribution >= 0.6 is 0 Å². The largest absolute Gasteiger partial charge is 0.255 e. The zero-order chi connectivity index (χ0) is 34.1. The first-order chi connectivity index (χ1) is 25.2. The Morgan fingerprint density at radius 1 is 0.373 bits per heavy atom. The van der Waals surface area contributed by atoms with Gasteiger partial charge in [-0.15, -0.1) is 0 Å². The molecule has 0 unspecified atom stereocenters. The van der Waals surface area contributed by atoms with Crippen LogP contribution in [0.25, 0.3) is 89.4 Å². The maximum absolute atomic E-state index is 5.11. The van der Waals surface area contributed by atoms with E-state index in [-0.39, 0.29) is 0 Å². The summed E-state index contributed by atoms with van der Waals surface area (Å²) in [5, 5.41) is 2.16. The molecule has 4 heterocycles. The van der Waals surface area contributed by atoms with Gasteiger partial charge >= 0.3 is 0 Å². The minimum atomic E-state index is 0.658. The monoisotopic (exact) mass is 653 g/mol. The van der Waals surface area contributed by atoms with Gasteiger partial charge in [-0.2, -0.15) is 0 Å². The molecule has 0 aliphatic carbocycles. The van der Waals surface area contributed by atoms with Crippen LogP contribution in [0.5, 0.6) is 0 Å². The summed E-state index contributed by atoms with van der Waals surface area (Å²) >= 11 is 0. The van der Waals surface area contributed by atoms with Crippen LogP contribution in [0, 0.1) is 6.92 Å². The molecule has 5 heteroatoms. The summed E-state index contributed by atoms with van der Waals surface area (Å²) in [7, 11) is 0. The third-order valence-electron chi connectivity index (χ3n) is 9.21. The smallest absolute Gasteiger partial charge is 0.160 e. The maximum atomic E-state index is 5.11. The molecule has 51 heavy (non-hydrogen) atoms. The Labute approximate surface area is 296 Å². The molecule has 9 aromatic rings. The highest BCUT2D eigenvalue weighted by molar-refractivity contribution is 6.08. The molecule has 0 N–H and O–H groups in total. The van der Waals surface area contributed by atoms with Crippen LogP contribution in [0.2, 0.25) is 0 Å². The average molecular weight is 654 g/mol. The average Bonchev–Trinajstić information content (AvgIpc) is 3.21. The van der Waals surface area contributed by atoms with Crippen molar-refractivity contribution < 1.29 is 0 Å². The summed E-state index contributed by atoms with van der Waals surface area (Å²) in [6.07, 6.45) is 1.79. The first-order valence-corrected chi connectivity index (χ1v) is 17.0. The number of aryl methyl sites for hydroxylation is 1. The van der Waals surface area contributed by atoms with E-state index in [0.29, 0.717) is 5.82 Å². The molecule has 0 bridgehead atoms. The van der Waals surface area contributed by atoms with Crippen LogP contribution < -0.4 is 0 Å². The molecule has 5 nitrogen and oxygen atoms in total. The van der Waals surface area contributed by atoms with E-state index in [1.165, 1.54) is 0 Å². The molecule has 9 rings (SSSR count). The Bertz CT molecular complexity index is 2620. The van der Waals surface area contributed by atoms with Crippen molar-refractivity contribution in [2.24, 2.45) is 0 Å². The van der Waals surface area contributed by atoms with Gasteiger partial charge in [-0.05, 0) is 65.6 Å². The Balaban J connectivity index is 1.09. The highest BCUT2D eigenvalue weighted by atomic mass is 14.9. The fourth-order valence-electron chi connectivity index (χ4n) is 6.67. The zero-order valence-electron chi connectivity index (χ0n) is 27.9. The first-order valence-electron chi connectivity index (χ1n) is 17.0. The van der Waals surface area contributed by atoms with E-state index >= 15 is 0 Å². The normalized spacial score (nSPS) is 11.2. The number of pyridine rings is 3. The lowest BCUT2D eigenvalue weighted by Gasteiger charge is -2.12. The highest BCUT2D eigenvalue weighted by Crippen LogP contribution is 2.35. The predicted molar refractivity (Wildman–Crippen MR) is 208 cm³/mol. The van der Waals surface area contributed by atoms with Crippen molar-refractivity contribution in [1.29, 1.82) is 0 Å². The highest BCUT2D eigenvalue weighted by Gasteiger charge is 2.14. The van der Waals surface area contributed by atoms with Crippen molar-refractivity contribution in [2.45, 2.75) is 6.92 Å². The number of benzene rings is 5. The lowest BCUT2D eigenvalue weighted by molar-refractivity contribution is 1.16. The van der Waals surface area contributed by atoms with E-state index in [9.17, 15) is 0 Å². The molecule has 0 aliphatic rings. The van der Waals surface area contributed by atoms with E-state index in [4.69, 9.17) is 19.9 Å². The molecule has 0 fully saturated rings. The van der Waals surface area contributed by atoms with E-state index in [0.717, 1.165) is 89.2 Å². The third-order valence-corrected chi connectivity index (χ3v) is 9.21. The lowest BCUT2D eigenvalue weighted by Crippen LogP contribution is -1.97. The first kappa shape index (κ1) is 30.2. The van der Waals surface area contributed by atoms with Crippen LogP contribution in [-0.2, 0) is 0 Å². The van der Waals surface area contributed by atoms with E-state index < -0.39 is 0 Å². The molecule has 0 saturated carbocycles. The zero-order valence-corrected chi connectivity index (χ0v) is 27.9. The quantitative estimate of drug-likeness (QED) is 0.167. The van der Waals surface area contributed by atoms with Crippen molar-refractivity contribution in [1.82, 2.24) is 24.9 Å². The fraction of sp³-hybridized carbons (Fsp3) is 0.0217. The van der Waals surface area contributed by atoms with Gasteiger partial charge in [0.05, 0.1) is 33.8 Å². The van der Waals surface area contributed by atoms with Gasteiger partial charge in [0.25, 0.3) is 0 Å². The summed E-state index contributed by atoms with van der Waals surface area (Å²) in [6.45, 7) is 2.05. The summed E-state index contributed by atoms with van der Waals surface area (Å²) in [6, 6.07) is 56.3. The summed E-state index contributed by atoms with van der Waals surface area (Å²) in [5.74, 6) is 0.658. The SMILES string of the molecule is Cc1cc(-c2ccc(-c3cccc(-c4nc(-c5ccccc5)cc(-c5ccccn5)n4)c3)cc2)c2ccc3ccc(-c4ccccc4)nc3c2n1. The van der Waals surface area contributed by atoms with Gasteiger partial charge in [0.15, 0.2) is 5.82 Å². The molecule has 0 saturated heterocycles. The number of aromatic nitrogens is 5. The van der Waals surface area contributed by atoms with Crippen molar-refractivity contribution >= 4 is 21.8 Å². The number of nitrogens with zero attached hydrogens (tertiary/aromatic N) is 5. The molecule has 0 radical (unpaired) electrons. The molecular weight excluding hydrogens is 623 g/mol. The number of fused-ring (bicyclic) bond motifs is 3. The van der Waals surface area contributed by atoms with Gasteiger partial charge in [-0.1, -0.05) is 127 Å². The number of hydrogen-bond acceptors (Lipinski definition) is 5. The Morgan fingerprint density at radius 3 is 1.80 bits per heavy atom. The maximum Gasteiger partial charge on any atom is 0.160 e. The van der Waals surface area contributed by atoms with Crippen LogP contribution in [-0.4, -0.2) is 24.9 Å². The molecular formula is C46H31N5. The molecule has 5 aromatic carbocycles. The Hall–Kier alpha value is -6.85. The van der Waals surface area contributed by atoms with Gasteiger partial charge < -0.3 is 0 Å². The molecule has 0 amide bonds. The summed E-state index contributed by atoms with van der Waals surface area (Å²) in [5.41, 5.74) is 13.7. The van der Waals surface area contributed by atoms with E-state index in [2.05, 4.69) is 115 Å². The van der Waals surface area contributed by atoms with Gasteiger partial charge in [-0.3, -0.25) is 9.97 Å². The molecule has 0 spiro atoms. The van der Waals surface area contributed by atoms with Crippen LogP contribution in [0.3, 0.4) is 0 Å². The third kappa shape index (κ3) is 5.91. The van der Waals surface area contributed by atoms with Crippen molar-refractivity contribution in [3.8, 4) is 67.5 Å².